The molecule has 2 rings (SSSR count). The number of amides is 1. The predicted molar refractivity (Wildman–Crippen MR) is 72.1 cm³/mol. The van der Waals surface area contributed by atoms with Crippen LogP contribution in [0.1, 0.15) is 18.4 Å². The smallest absolute Gasteiger partial charge is 0.369 e. The Balaban J connectivity index is 2.41. The maximum atomic E-state index is 13.8. The molecule has 1 saturated heterocycles. The number of nitrogens with zero attached hydrogens (tertiary/aromatic N) is 1. The summed E-state index contributed by atoms with van der Waals surface area (Å²) in [6.07, 6.45) is -4.10. The van der Waals surface area contributed by atoms with E-state index in [1.54, 1.807) is 0 Å². The van der Waals surface area contributed by atoms with Crippen LogP contribution in [0.15, 0.2) is 23.1 Å². The lowest BCUT2D eigenvalue weighted by Crippen LogP contribution is -2.44. The molecular formula is C13H14F4N2O3S. The number of rotatable bonds is 3. The van der Waals surface area contributed by atoms with Crippen LogP contribution in [0.3, 0.4) is 0 Å². The number of nitrogens with two attached hydrogens (primary N) is 1. The Morgan fingerprint density at radius 3 is 2.52 bits per heavy atom. The van der Waals surface area contributed by atoms with E-state index in [9.17, 15) is 30.8 Å². The molecule has 1 aliphatic rings. The van der Waals surface area contributed by atoms with E-state index in [0.717, 1.165) is 4.31 Å². The van der Waals surface area contributed by atoms with Crippen LogP contribution in [0.25, 0.3) is 0 Å². The first-order chi connectivity index (χ1) is 10.5. The van der Waals surface area contributed by atoms with Gasteiger partial charge >= 0.3 is 6.18 Å². The van der Waals surface area contributed by atoms with Crippen LogP contribution >= 0.6 is 0 Å². The molecule has 1 amide bonds. The molecule has 1 fully saturated rings. The maximum Gasteiger partial charge on any atom is 0.416 e. The van der Waals surface area contributed by atoms with Gasteiger partial charge in [-0.25, -0.2) is 12.8 Å². The first-order valence-electron chi connectivity index (χ1n) is 6.69. The van der Waals surface area contributed by atoms with E-state index in [1.165, 1.54) is 0 Å². The summed E-state index contributed by atoms with van der Waals surface area (Å²) in [5, 5.41) is 0. The Labute approximate surface area is 130 Å². The summed E-state index contributed by atoms with van der Waals surface area (Å²) in [7, 11) is -4.49. The molecular weight excluding hydrogens is 340 g/mol. The van der Waals surface area contributed by atoms with Crippen molar-refractivity contribution in [3.05, 3.63) is 29.6 Å². The minimum absolute atomic E-state index is 0.0121. The highest BCUT2D eigenvalue weighted by atomic mass is 32.2. The number of hydrogen-bond donors (Lipinski definition) is 1. The average Bonchev–Trinajstić information content (AvgIpc) is 2.46. The zero-order valence-electron chi connectivity index (χ0n) is 11.8. The number of carbonyl (C=O) groups is 1. The van der Waals surface area contributed by atoms with Gasteiger partial charge in [-0.2, -0.15) is 17.5 Å². The third kappa shape index (κ3) is 3.63. The Morgan fingerprint density at radius 1 is 1.30 bits per heavy atom. The minimum Gasteiger partial charge on any atom is -0.369 e. The maximum absolute atomic E-state index is 13.8. The van der Waals surface area contributed by atoms with E-state index < -0.39 is 44.3 Å². The van der Waals surface area contributed by atoms with E-state index in [2.05, 4.69) is 0 Å². The first kappa shape index (κ1) is 17.7. The normalized spacial score (nSPS) is 20.4. The van der Waals surface area contributed by atoms with Crippen molar-refractivity contribution < 1.29 is 30.8 Å². The summed E-state index contributed by atoms with van der Waals surface area (Å²) in [6.45, 7) is -0.283. The lowest BCUT2D eigenvalue weighted by atomic mass is 9.99. The highest BCUT2D eigenvalue weighted by Crippen LogP contribution is 2.33. The fourth-order valence-corrected chi connectivity index (χ4v) is 4.02. The lowest BCUT2D eigenvalue weighted by Gasteiger charge is -2.30. The number of piperidine rings is 1. The zero-order chi connectivity index (χ0) is 17.4. The van der Waals surface area contributed by atoms with Crippen LogP contribution in [-0.2, 0) is 21.0 Å². The fourth-order valence-electron chi connectivity index (χ4n) is 2.41. The number of carbonyl (C=O) groups excluding carboxylic acids is 1. The molecule has 1 aromatic rings. The van der Waals surface area contributed by atoms with Crippen molar-refractivity contribution in [1.29, 1.82) is 0 Å². The van der Waals surface area contributed by atoms with Gasteiger partial charge in [0.25, 0.3) is 0 Å². The van der Waals surface area contributed by atoms with Crippen molar-refractivity contribution in [3.63, 3.8) is 0 Å². The van der Waals surface area contributed by atoms with E-state index >= 15 is 0 Å². The van der Waals surface area contributed by atoms with Crippen LogP contribution in [-0.4, -0.2) is 31.7 Å². The third-order valence-corrected chi connectivity index (χ3v) is 5.54. The number of alkyl halides is 3. The molecule has 1 heterocycles. The molecule has 0 aliphatic carbocycles. The summed E-state index contributed by atoms with van der Waals surface area (Å²) in [5.41, 5.74) is 3.88. The summed E-state index contributed by atoms with van der Waals surface area (Å²) in [6, 6.07) is 1.19. The minimum atomic E-state index is -4.80. The Bertz CT molecular complexity index is 718. The summed E-state index contributed by atoms with van der Waals surface area (Å²) < 4.78 is 77.6. The van der Waals surface area contributed by atoms with Gasteiger partial charge in [0.05, 0.1) is 11.5 Å². The van der Waals surface area contributed by atoms with Gasteiger partial charge in [-0.15, -0.1) is 0 Å². The van der Waals surface area contributed by atoms with E-state index in [0.29, 0.717) is 25.0 Å². The van der Waals surface area contributed by atoms with Crippen LogP contribution in [0.5, 0.6) is 0 Å². The van der Waals surface area contributed by atoms with Gasteiger partial charge in [-0.1, -0.05) is 0 Å². The second-order valence-corrected chi connectivity index (χ2v) is 7.15. The van der Waals surface area contributed by atoms with Gasteiger partial charge < -0.3 is 5.73 Å². The highest BCUT2D eigenvalue weighted by molar-refractivity contribution is 7.89. The topological polar surface area (TPSA) is 80.5 Å². The Kier molecular flexibility index (Phi) is 4.67. The van der Waals surface area contributed by atoms with Gasteiger partial charge in [0.15, 0.2) is 0 Å². The van der Waals surface area contributed by atoms with Gasteiger partial charge in [0.1, 0.15) is 10.7 Å². The van der Waals surface area contributed by atoms with Gasteiger partial charge in [0, 0.05) is 13.1 Å². The summed E-state index contributed by atoms with van der Waals surface area (Å²) in [4.78, 5) is 10.1. The van der Waals surface area contributed by atoms with Crippen LogP contribution in [0, 0.1) is 11.7 Å². The molecule has 23 heavy (non-hydrogen) atoms. The van der Waals surface area contributed by atoms with Crippen molar-refractivity contribution in [3.8, 4) is 0 Å². The Morgan fingerprint density at radius 2 is 1.96 bits per heavy atom. The molecule has 0 saturated carbocycles. The van der Waals surface area contributed by atoms with Crippen molar-refractivity contribution in [2.45, 2.75) is 23.9 Å². The molecule has 0 radical (unpaired) electrons. The molecule has 2 N–H and O–H groups in total. The average molecular weight is 354 g/mol. The van der Waals surface area contributed by atoms with E-state index in [1.807, 2.05) is 0 Å². The third-order valence-electron chi connectivity index (χ3n) is 3.66. The number of primary amides is 1. The lowest BCUT2D eigenvalue weighted by molar-refractivity contribution is -0.137. The van der Waals surface area contributed by atoms with Crippen LogP contribution in [0.4, 0.5) is 17.6 Å². The molecule has 1 atom stereocenters. The zero-order valence-corrected chi connectivity index (χ0v) is 12.6. The van der Waals surface area contributed by atoms with Crippen LogP contribution < -0.4 is 5.73 Å². The first-order valence-corrected chi connectivity index (χ1v) is 8.13. The molecule has 1 aliphatic heterocycles. The standard InChI is InChI=1S/C13H14F4N2O3S/c14-10-4-3-9(13(15,16)17)6-11(10)23(21,22)19-5-1-2-8(7-19)12(18)20/h3-4,6,8H,1-2,5,7H2,(H2,18,20). The van der Waals surface area contributed by atoms with Gasteiger partial charge in [-0.3, -0.25) is 4.79 Å². The van der Waals surface area contributed by atoms with Gasteiger partial charge in [-0.05, 0) is 31.0 Å². The molecule has 5 nitrogen and oxygen atoms in total. The van der Waals surface area contributed by atoms with Crippen molar-refractivity contribution in [2.75, 3.05) is 13.1 Å². The van der Waals surface area contributed by atoms with Crippen molar-refractivity contribution >= 4 is 15.9 Å². The highest BCUT2D eigenvalue weighted by Gasteiger charge is 2.37. The summed E-state index contributed by atoms with van der Waals surface area (Å²) >= 11 is 0. The second kappa shape index (κ2) is 6.08. The SMILES string of the molecule is NC(=O)C1CCCN(S(=O)(=O)c2cc(C(F)(F)F)ccc2F)C1. The van der Waals surface area contributed by atoms with Crippen molar-refractivity contribution in [2.24, 2.45) is 11.7 Å². The second-order valence-electron chi connectivity index (χ2n) is 5.25. The molecule has 0 spiro atoms. The molecule has 128 valence electrons. The summed E-state index contributed by atoms with van der Waals surface area (Å²) in [5.74, 6) is -2.72. The molecule has 0 bridgehead atoms. The largest absolute Gasteiger partial charge is 0.416 e. The molecule has 0 aromatic heterocycles. The number of benzene rings is 1. The number of hydrogen-bond acceptors (Lipinski definition) is 3. The van der Waals surface area contributed by atoms with E-state index in [-0.39, 0.29) is 19.2 Å². The predicted octanol–water partition coefficient (Wildman–Crippen LogP) is 1.73. The Hall–Kier alpha value is -1.68. The van der Waals surface area contributed by atoms with E-state index in [4.69, 9.17) is 5.73 Å². The molecule has 1 unspecified atom stereocenters. The van der Waals surface area contributed by atoms with Crippen molar-refractivity contribution in [1.82, 2.24) is 4.31 Å². The van der Waals surface area contributed by atoms with Gasteiger partial charge in [0.2, 0.25) is 15.9 Å². The van der Waals surface area contributed by atoms with Crippen LogP contribution in [0.2, 0.25) is 0 Å². The quantitative estimate of drug-likeness (QED) is 0.840. The monoisotopic (exact) mass is 354 g/mol. The molecule has 10 heteroatoms. The fraction of sp³-hybridized carbons (Fsp3) is 0.462. The number of halogens is 4. The molecule has 1 aromatic carbocycles. The number of sulfonamides is 1.